The number of nitrogens with zero attached hydrogens (tertiary/aromatic N) is 2. The summed E-state index contributed by atoms with van der Waals surface area (Å²) >= 11 is 7.22. The number of carbonyl (C=O) groups excluding carboxylic acids is 1. The van der Waals surface area contributed by atoms with Gasteiger partial charge in [-0.25, -0.2) is 9.97 Å². The van der Waals surface area contributed by atoms with Gasteiger partial charge in [0, 0.05) is 36.3 Å². The highest BCUT2D eigenvalue weighted by atomic mass is 35.5. The second-order valence-electron chi connectivity index (χ2n) is 5.90. The first kappa shape index (κ1) is 21.0. The first-order valence-corrected chi connectivity index (χ1v) is 10.1. The van der Waals surface area contributed by atoms with E-state index in [4.69, 9.17) is 25.8 Å². The Labute approximate surface area is 177 Å². The molecule has 29 heavy (non-hydrogen) atoms. The Bertz CT molecular complexity index is 916. The molecule has 1 N–H and O–H groups in total. The van der Waals surface area contributed by atoms with E-state index in [9.17, 15) is 4.79 Å². The summed E-state index contributed by atoms with van der Waals surface area (Å²) in [6, 6.07) is 10.7. The number of aromatic nitrogens is 2. The molecule has 0 bridgehead atoms. The third kappa shape index (κ3) is 6.70. The van der Waals surface area contributed by atoms with Crippen molar-refractivity contribution >= 4 is 28.8 Å². The molecule has 3 aromatic rings. The van der Waals surface area contributed by atoms with Crippen molar-refractivity contribution in [3.63, 3.8) is 0 Å². The molecule has 0 aliphatic carbocycles. The minimum absolute atomic E-state index is 0.251. The molecule has 0 spiro atoms. The zero-order valence-electron chi connectivity index (χ0n) is 15.8. The van der Waals surface area contributed by atoms with Gasteiger partial charge in [-0.3, -0.25) is 4.79 Å². The lowest BCUT2D eigenvalue weighted by Gasteiger charge is -2.06. The number of pyridine rings is 1. The van der Waals surface area contributed by atoms with Crippen molar-refractivity contribution in [2.75, 3.05) is 20.3 Å². The van der Waals surface area contributed by atoms with E-state index in [1.165, 1.54) is 11.3 Å². The largest absolute Gasteiger partial charge is 0.486 e. The first-order chi connectivity index (χ1) is 14.1. The van der Waals surface area contributed by atoms with Gasteiger partial charge >= 0.3 is 0 Å². The van der Waals surface area contributed by atoms with E-state index in [2.05, 4.69) is 15.3 Å². The minimum Gasteiger partial charge on any atom is -0.486 e. The average Bonchev–Trinajstić information content (AvgIpc) is 3.22. The van der Waals surface area contributed by atoms with Gasteiger partial charge in [0.05, 0.1) is 6.61 Å². The molecular formula is C20H20ClN3O4S. The number of hydrogen-bond donors (Lipinski definition) is 1. The Kier molecular flexibility index (Phi) is 7.80. The first-order valence-electron chi connectivity index (χ1n) is 8.81. The van der Waals surface area contributed by atoms with Crippen molar-refractivity contribution in [2.24, 2.45) is 0 Å². The van der Waals surface area contributed by atoms with E-state index in [1.807, 2.05) is 6.07 Å². The van der Waals surface area contributed by atoms with Gasteiger partial charge in [0.25, 0.3) is 5.91 Å². The van der Waals surface area contributed by atoms with Crippen LogP contribution in [0.5, 0.6) is 11.6 Å². The smallest absolute Gasteiger partial charge is 0.271 e. The summed E-state index contributed by atoms with van der Waals surface area (Å²) in [7, 11) is 1.61. The molecule has 0 fully saturated rings. The lowest BCUT2D eigenvalue weighted by Crippen LogP contribution is -2.23. The molecule has 7 nitrogen and oxygen atoms in total. The summed E-state index contributed by atoms with van der Waals surface area (Å²) < 4.78 is 16.0. The van der Waals surface area contributed by atoms with E-state index in [0.29, 0.717) is 47.1 Å². The highest BCUT2D eigenvalue weighted by Crippen LogP contribution is 2.18. The third-order valence-corrected chi connectivity index (χ3v) is 4.82. The zero-order valence-corrected chi connectivity index (χ0v) is 17.3. The molecule has 3 rings (SSSR count). The van der Waals surface area contributed by atoms with Crippen LogP contribution in [0.25, 0.3) is 0 Å². The van der Waals surface area contributed by atoms with Crippen LogP contribution >= 0.6 is 22.9 Å². The van der Waals surface area contributed by atoms with E-state index < -0.39 is 0 Å². The number of hydrogen-bond acceptors (Lipinski definition) is 7. The van der Waals surface area contributed by atoms with Crippen molar-refractivity contribution in [2.45, 2.75) is 13.2 Å². The Morgan fingerprint density at radius 3 is 2.69 bits per heavy atom. The van der Waals surface area contributed by atoms with E-state index in [-0.39, 0.29) is 12.5 Å². The molecule has 0 saturated carbocycles. The predicted molar refractivity (Wildman–Crippen MR) is 111 cm³/mol. The number of halogens is 1. The lowest BCUT2D eigenvalue weighted by molar-refractivity contribution is 0.0946. The zero-order chi connectivity index (χ0) is 20.5. The van der Waals surface area contributed by atoms with Gasteiger partial charge in [0.15, 0.2) is 0 Å². The van der Waals surface area contributed by atoms with Gasteiger partial charge in [0.1, 0.15) is 29.7 Å². The maximum absolute atomic E-state index is 12.3. The Morgan fingerprint density at radius 1 is 1.14 bits per heavy atom. The molecule has 1 amide bonds. The summed E-state index contributed by atoms with van der Waals surface area (Å²) in [4.78, 5) is 20.8. The third-order valence-electron chi connectivity index (χ3n) is 3.75. The number of carbonyl (C=O) groups is 1. The van der Waals surface area contributed by atoms with Crippen LogP contribution in [0.15, 0.2) is 48.0 Å². The van der Waals surface area contributed by atoms with Crippen LogP contribution in [-0.4, -0.2) is 36.2 Å². The number of nitrogens with one attached hydrogen (secondary N) is 1. The standard InChI is InChI=1S/C20H20ClN3O4S/c1-26-8-9-27-18-7-2-14(10-22-18)11-23-20(25)17-13-29-19(24-17)12-28-16-5-3-15(21)4-6-16/h2-7,10,13H,8-9,11-12H2,1H3,(H,23,25). The Morgan fingerprint density at radius 2 is 1.97 bits per heavy atom. The van der Waals surface area contributed by atoms with Gasteiger partial charge in [-0.15, -0.1) is 11.3 Å². The van der Waals surface area contributed by atoms with Gasteiger partial charge in [0.2, 0.25) is 5.88 Å². The predicted octanol–water partition coefficient (Wildman–Crippen LogP) is 3.73. The van der Waals surface area contributed by atoms with Crippen LogP contribution in [0.1, 0.15) is 21.1 Å². The summed E-state index contributed by atoms with van der Waals surface area (Å²) in [5.41, 5.74) is 1.22. The van der Waals surface area contributed by atoms with Crippen LogP contribution < -0.4 is 14.8 Å². The number of benzene rings is 1. The Hall–Kier alpha value is -2.68. The fraction of sp³-hybridized carbons (Fsp3) is 0.250. The fourth-order valence-electron chi connectivity index (χ4n) is 2.26. The molecule has 2 heterocycles. The summed E-state index contributed by atoms with van der Waals surface area (Å²) in [6.45, 7) is 1.57. The fourth-order valence-corrected chi connectivity index (χ4v) is 3.07. The number of ether oxygens (including phenoxy) is 3. The normalized spacial score (nSPS) is 10.6. The quantitative estimate of drug-likeness (QED) is 0.490. The average molecular weight is 434 g/mol. The molecule has 9 heteroatoms. The van der Waals surface area contributed by atoms with E-state index in [0.717, 1.165) is 5.56 Å². The van der Waals surface area contributed by atoms with E-state index in [1.54, 1.807) is 49.0 Å². The van der Waals surface area contributed by atoms with Crippen LogP contribution in [0, 0.1) is 0 Å². The molecule has 152 valence electrons. The topological polar surface area (TPSA) is 82.6 Å². The number of thiazole rings is 1. The molecule has 0 atom stereocenters. The van der Waals surface area contributed by atoms with E-state index >= 15 is 0 Å². The lowest BCUT2D eigenvalue weighted by atomic mass is 10.3. The minimum atomic E-state index is -0.251. The van der Waals surface area contributed by atoms with Crippen molar-refractivity contribution in [3.8, 4) is 11.6 Å². The number of methoxy groups -OCH3 is 1. The molecule has 1 aromatic carbocycles. The summed E-state index contributed by atoms with van der Waals surface area (Å²) in [5.74, 6) is 0.958. The van der Waals surface area contributed by atoms with Gasteiger partial charge in [-0.2, -0.15) is 0 Å². The SMILES string of the molecule is COCCOc1ccc(CNC(=O)c2csc(COc3ccc(Cl)cc3)n2)cn1. The molecule has 0 radical (unpaired) electrons. The molecule has 0 aliphatic rings. The van der Waals surface area contributed by atoms with Crippen molar-refractivity contribution in [3.05, 3.63) is 69.3 Å². The van der Waals surface area contributed by atoms with Crippen molar-refractivity contribution in [1.82, 2.24) is 15.3 Å². The maximum atomic E-state index is 12.3. The van der Waals surface area contributed by atoms with Crippen LogP contribution in [0.4, 0.5) is 0 Å². The highest BCUT2D eigenvalue weighted by molar-refractivity contribution is 7.09. The molecule has 2 aromatic heterocycles. The molecule has 0 aliphatic heterocycles. The van der Waals surface area contributed by atoms with Gasteiger partial charge in [-0.05, 0) is 29.8 Å². The molecule has 0 unspecified atom stereocenters. The van der Waals surface area contributed by atoms with Crippen LogP contribution in [0.3, 0.4) is 0 Å². The highest BCUT2D eigenvalue weighted by Gasteiger charge is 2.11. The second-order valence-corrected chi connectivity index (χ2v) is 7.28. The maximum Gasteiger partial charge on any atom is 0.271 e. The van der Waals surface area contributed by atoms with Crippen LogP contribution in [0.2, 0.25) is 5.02 Å². The second kappa shape index (κ2) is 10.8. The van der Waals surface area contributed by atoms with Gasteiger partial charge < -0.3 is 19.5 Å². The van der Waals surface area contributed by atoms with Gasteiger partial charge in [-0.1, -0.05) is 17.7 Å². The summed E-state index contributed by atoms with van der Waals surface area (Å²) in [6.07, 6.45) is 1.66. The van der Waals surface area contributed by atoms with Crippen LogP contribution in [-0.2, 0) is 17.9 Å². The molecular weight excluding hydrogens is 414 g/mol. The Balaban J connectivity index is 1.45. The van der Waals surface area contributed by atoms with Crippen molar-refractivity contribution in [1.29, 1.82) is 0 Å². The van der Waals surface area contributed by atoms with Crippen molar-refractivity contribution < 1.29 is 19.0 Å². The molecule has 0 saturated heterocycles. The number of amides is 1. The number of rotatable bonds is 10. The summed E-state index contributed by atoms with van der Waals surface area (Å²) in [5, 5.41) is 5.90. The monoisotopic (exact) mass is 433 g/mol.